The van der Waals surface area contributed by atoms with E-state index in [1.807, 2.05) is 0 Å². The summed E-state index contributed by atoms with van der Waals surface area (Å²) < 4.78 is 5.70. The topological polar surface area (TPSA) is 29.5 Å². The van der Waals surface area contributed by atoms with Gasteiger partial charge in [-0.3, -0.25) is 0 Å². The van der Waals surface area contributed by atoms with Gasteiger partial charge in [0.15, 0.2) is 0 Å². The zero-order valence-corrected chi connectivity index (χ0v) is 7.98. The number of hydrogen-bond acceptors (Lipinski definition) is 2. The van der Waals surface area contributed by atoms with Gasteiger partial charge < -0.3 is 9.84 Å². The maximum absolute atomic E-state index is 9.17. The van der Waals surface area contributed by atoms with Crippen LogP contribution in [0.1, 0.15) is 25.7 Å². The normalized spacial score (nSPS) is 39.6. The van der Waals surface area contributed by atoms with E-state index in [2.05, 4.69) is 12.2 Å². The molecule has 0 spiro atoms. The summed E-state index contributed by atoms with van der Waals surface area (Å²) in [6.07, 6.45) is 9.43. The molecule has 1 saturated heterocycles. The zero-order chi connectivity index (χ0) is 9.10. The van der Waals surface area contributed by atoms with Crippen molar-refractivity contribution in [2.24, 2.45) is 11.8 Å². The molecular weight excluding hydrogens is 164 g/mol. The number of rotatable bonds is 2. The van der Waals surface area contributed by atoms with Gasteiger partial charge in [0.1, 0.15) is 0 Å². The van der Waals surface area contributed by atoms with Crippen molar-refractivity contribution in [1.29, 1.82) is 0 Å². The molecule has 2 aliphatic rings. The maximum atomic E-state index is 9.17. The lowest BCUT2D eigenvalue weighted by atomic mass is 9.83. The number of allylic oxidation sites excluding steroid dienone is 2. The summed E-state index contributed by atoms with van der Waals surface area (Å²) in [6.45, 7) is 1.14. The van der Waals surface area contributed by atoms with E-state index in [1.165, 1.54) is 12.8 Å². The second kappa shape index (κ2) is 4.25. The van der Waals surface area contributed by atoms with Crippen LogP contribution in [0.25, 0.3) is 0 Å². The first-order valence-corrected chi connectivity index (χ1v) is 5.29. The molecule has 74 valence electrons. The summed E-state index contributed by atoms with van der Waals surface area (Å²) >= 11 is 0. The maximum Gasteiger partial charge on any atom is 0.0657 e. The largest absolute Gasteiger partial charge is 0.396 e. The third-order valence-electron chi connectivity index (χ3n) is 3.27. The molecule has 0 aromatic carbocycles. The van der Waals surface area contributed by atoms with E-state index in [0.29, 0.717) is 24.5 Å². The first-order chi connectivity index (χ1) is 6.42. The number of ether oxygens (including phenoxy) is 1. The van der Waals surface area contributed by atoms with E-state index >= 15 is 0 Å². The smallest absolute Gasteiger partial charge is 0.0657 e. The Morgan fingerprint density at radius 3 is 2.92 bits per heavy atom. The van der Waals surface area contributed by atoms with E-state index in [9.17, 15) is 0 Å². The number of hydrogen-bond donors (Lipinski definition) is 1. The molecular formula is C11H18O2. The molecule has 2 nitrogen and oxygen atoms in total. The quantitative estimate of drug-likeness (QED) is 0.659. The second-order valence-corrected chi connectivity index (χ2v) is 4.11. The van der Waals surface area contributed by atoms with Crippen LogP contribution in [0.4, 0.5) is 0 Å². The average Bonchev–Trinajstić information content (AvgIpc) is 2.67. The van der Waals surface area contributed by atoms with Gasteiger partial charge in [-0.25, -0.2) is 0 Å². The minimum absolute atomic E-state index is 0.297. The van der Waals surface area contributed by atoms with E-state index in [0.717, 1.165) is 19.4 Å². The average molecular weight is 182 g/mol. The molecule has 2 heteroatoms. The van der Waals surface area contributed by atoms with Crippen LogP contribution in [0.3, 0.4) is 0 Å². The molecule has 0 saturated carbocycles. The fourth-order valence-electron chi connectivity index (χ4n) is 2.49. The predicted octanol–water partition coefficient (Wildman–Crippen LogP) is 1.74. The lowest BCUT2D eigenvalue weighted by Gasteiger charge is -2.27. The van der Waals surface area contributed by atoms with Crippen molar-refractivity contribution in [1.82, 2.24) is 0 Å². The van der Waals surface area contributed by atoms with Gasteiger partial charge in [-0.2, -0.15) is 0 Å². The summed E-state index contributed by atoms with van der Waals surface area (Å²) in [4.78, 5) is 0. The summed E-state index contributed by atoms with van der Waals surface area (Å²) in [5, 5.41) is 9.17. The van der Waals surface area contributed by atoms with Gasteiger partial charge in [0, 0.05) is 19.1 Å². The summed E-state index contributed by atoms with van der Waals surface area (Å²) in [6, 6.07) is 0. The molecule has 0 aromatic rings. The monoisotopic (exact) mass is 182 g/mol. The summed E-state index contributed by atoms with van der Waals surface area (Å²) in [5.41, 5.74) is 0. The molecule has 1 fully saturated rings. The minimum atomic E-state index is 0.297. The van der Waals surface area contributed by atoms with Crippen LogP contribution in [0.2, 0.25) is 0 Å². The van der Waals surface area contributed by atoms with Gasteiger partial charge in [-0.1, -0.05) is 12.2 Å². The van der Waals surface area contributed by atoms with Crippen molar-refractivity contribution in [3.63, 3.8) is 0 Å². The van der Waals surface area contributed by atoms with Crippen LogP contribution in [0.15, 0.2) is 12.2 Å². The van der Waals surface area contributed by atoms with Crippen molar-refractivity contribution in [2.45, 2.75) is 31.8 Å². The van der Waals surface area contributed by atoms with Crippen molar-refractivity contribution < 1.29 is 9.84 Å². The highest BCUT2D eigenvalue weighted by molar-refractivity contribution is 4.95. The molecule has 0 aromatic heterocycles. The van der Waals surface area contributed by atoms with Gasteiger partial charge in [0.25, 0.3) is 0 Å². The van der Waals surface area contributed by atoms with E-state index in [4.69, 9.17) is 9.84 Å². The fourth-order valence-corrected chi connectivity index (χ4v) is 2.49. The molecule has 3 unspecified atom stereocenters. The van der Waals surface area contributed by atoms with Gasteiger partial charge in [0.05, 0.1) is 6.10 Å². The lowest BCUT2D eigenvalue weighted by Crippen LogP contribution is -2.29. The molecule has 2 rings (SSSR count). The van der Waals surface area contributed by atoms with Crippen LogP contribution >= 0.6 is 0 Å². The van der Waals surface area contributed by atoms with Gasteiger partial charge in [-0.05, 0) is 31.6 Å². The minimum Gasteiger partial charge on any atom is -0.396 e. The standard InChI is InChI=1S/C11H18O2/c12-8-10-6-7-13-11(10)9-4-2-1-3-5-9/h1-2,9-12H,3-8H2. The molecule has 13 heavy (non-hydrogen) atoms. The van der Waals surface area contributed by atoms with Crippen LogP contribution in [0, 0.1) is 11.8 Å². The highest BCUT2D eigenvalue weighted by atomic mass is 16.5. The van der Waals surface area contributed by atoms with Crippen molar-refractivity contribution in [2.75, 3.05) is 13.2 Å². The van der Waals surface area contributed by atoms with E-state index in [-0.39, 0.29) is 0 Å². The Morgan fingerprint density at radius 1 is 1.31 bits per heavy atom. The van der Waals surface area contributed by atoms with Crippen LogP contribution in [0.5, 0.6) is 0 Å². The Hall–Kier alpha value is -0.340. The van der Waals surface area contributed by atoms with Gasteiger partial charge in [-0.15, -0.1) is 0 Å². The molecule has 0 amide bonds. The molecule has 0 bridgehead atoms. The molecule has 1 aliphatic heterocycles. The summed E-state index contributed by atoms with van der Waals surface area (Å²) in [5.74, 6) is 1.06. The Kier molecular flexibility index (Phi) is 3.01. The Labute approximate surface area is 79.6 Å². The Morgan fingerprint density at radius 2 is 2.23 bits per heavy atom. The van der Waals surface area contributed by atoms with Gasteiger partial charge in [0.2, 0.25) is 0 Å². The van der Waals surface area contributed by atoms with Crippen molar-refractivity contribution >= 4 is 0 Å². The van der Waals surface area contributed by atoms with E-state index < -0.39 is 0 Å². The fraction of sp³-hybridized carbons (Fsp3) is 0.818. The Bertz CT molecular complexity index is 189. The molecule has 3 atom stereocenters. The zero-order valence-electron chi connectivity index (χ0n) is 7.98. The number of aliphatic hydroxyl groups excluding tert-OH is 1. The van der Waals surface area contributed by atoms with Crippen LogP contribution in [-0.4, -0.2) is 24.4 Å². The summed E-state index contributed by atoms with van der Waals surface area (Å²) in [7, 11) is 0. The third-order valence-corrected chi connectivity index (χ3v) is 3.27. The molecule has 1 aliphatic carbocycles. The van der Waals surface area contributed by atoms with Crippen molar-refractivity contribution in [3.8, 4) is 0 Å². The SMILES string of the molecule is OCC1CCOC1C1CC=CCC1. The molecule has 1 N–H and O–H groups in total. The molecule has 0 radical (unpaired) electrons. The molecule has 1 heterocycles. The first-order valence-electron chi connectivity index (χ1n) is 5.29. The Balaban J connectivity index is 1.94. The van der Waals surface area contributed by atoms with Crippen molar-refractivity contribution in [3.05, 3.63) is 12.2 Å². The van der Waals surface area contributed by atoms with E-state index in [1.54, 1.807) is 0 Å². The third kappa shape index (κ3) is 1.94. The van der Waals surface area contributed by atoms with Crippen LogP contribution in [-0.2, 0) is 4.74 Å². The first kappa shape index (κ1) is 9.22. The predicted molar refractivity (Wildman–Crippen MR) is 51.4 cm³/mol. The van der Waals surface area contributed by atoms with Crippen LogP contribution < -0.4 is 0 Å². The second-order valence-electron chi connectivity index (χ2n) is 4.11. The lowest BCUT2D eigenvalue weighted by molar-refractivity contribution is 0.0239. The highest BCUT2D eigenvalue weighted by Gasteiger charge is 2.33. The van der Waals surface area contributed by atoms with Gasteiger partial charge >= 0.3 is 0 Å². The number of aliphatic hydroxyl groups is 1. The highest BCUT2D eigenvalue weighted by Crippen LogP contribution is 2.33.